The lowest BCUT2D eigenvalue weighted by molar-refractivity contribution is -0.154. The molecule has 3 rings (SSSR count). The first-order chi connectivity index (χ1) is 9.89. The molecule has 0 bridgehead atoms. The molecule has 0 saturated carbocycles. The lowest BCUT2D eigenvalue weighted by Crippen LogP contribution is -2.68. The first-order valence-corrected chi connectivity index (χ1v) is 8.14. The summed E-state index contributed by atoms with van der Waals surface area (Å²) in [6.07, 6.45) is 0.955. The van der Waals surface area contributed by atoms with Crippen molar-refractivity contribution in [1.29, 1.82) is 0 Å². The number of benzene rings is 1. The van der Waals surface area contributed by atoms with Gasteiger partial charge in [0.2, 0.25) is 11.8 Å². The number of rotatable bonds is 2. The van der Waals surface area contributed by atoms with Crippen LogP contribution in [0.1, 0.15) is 26.3 Å². The molecule has 2 aliphatic heterocycles. The van der Waals surface area contributed by atoms with E-state index < -0.39 is 11.6 Å². The quantitative estimate of drug-likeness (QED) is 0.907. The smallest absolute Gasteiger partial charge is 0.246 e. The second-order valence-corrected chi connectivity index (χ2v) is 7.60. The highest BCUT2D eigenvalue weighted by molar-refractivity contribution is 8.00. The van der Waals surface area contributed by atoms with Crippen molar-refractivity contribution >= 4 is 23.6 Å². The number of thioether (sulfide) groups is 1. The van der Waals surface area contributed by atoms with E-state index in [1.54, 1.807) is 11.8 Å². The Bertz CT molecular complexity index is 575. The Hall–Kier alpha value is -1.49. The van der Waals surface area contributed by atoms with Gasteiger partial charge in [0.05, 0.1) is 0 Å². The summed E-state index contributed by atoms with van der Waals surface area (Å²) in [6.45, 7) is 6.00. The number of piperazine rings is 1. The minimum Gasteiger partial charge on any atom is -0.343 e. The minimum absolute atomic E-state index is 0.0103. The molecule has 0 radical (unpaired) electrons. The summed E-state index contributed by atoms with van der Waals surface area (Å²) < 4.78 is 0. The predicted octanol–water partition coefficient (Wildman–Crippen LogP) is 1.83. The third-order valence-electron chi connectivity index (χ3n) is 4.31. The van der Waals surface area contributed by atoms with Crippen LogP contribution < -0.4 is 5.32 Å². The lowest BCUT2D eigenvalue weighted by Gasteiger charge is -2.44. The fourth-order valence-corrected chi connectivity index (χ4v) is 4.25. The molecule has 0 aliphatic carbocycles. The van der Waals surface area contributed by atoms with E-state index >= 15 is 0 Å². The van der Waals surface area contributed by atoms with Gasteiger partial charge in [-0.15, -0.1) is 11.8 Å². The molecule has 112 valence electrons. The molecular formula is C16H20N2O2S. The van der Waals surface area contributed by atoms with E-state index in [0.29, 0.717) is 11.8 Å². The van der Waals surface area contributed by atoms with Gasteiger partial charge in [-0.25, -0.2) is 0 Å². The zero-order chi connectivity index (χ0) is 15.2. The van der Waals surface area contributed by atoms with E-state index in [1.165, 1.54) is 10.5 Å². The molecule has 2 aliphatic rings. The van der Waals surface area contributed by atoms with E-state index in [0.717, 1.165) is 6.42 Å². The highest BCUT2D eigenvalue weighted by Crippen LogP contribution is 2.38. The Kier molecular flexibility index (Phi) is 3.48. The monoisotopic (exact) mass is 304 g/mol. The van der Waals surface area contributed by atoms with Crippen LogP contribution in [0.5, 0.6) is 0 Å². The summed E-state index contributed by atoms with van der Waals surface area (Å²) in [6, 6.07) is 7.92. The van der Waals surface area contributed by atoms with Crippen LogP contribution in [0.3, 0.4) is 0 Å². The van der Waals surface area contributed by atoms with Crippen molar-refractivity contribution in [1.82, 2.24) is 10.2 Å². The second-order valence-electron chi connectivity index (χ2n) is 6.25. The summed E-state index contributed by atoms with van der Waals surface area (Å²) in [5.74, 6) is -0.0636. The maximum absolute atomic E-state index is 12.4. The van der Waals surface area contributed by atoms with Gasteiger partial charge in [0, 0.05) is 16.7 Å². The second kappa shape index (κ2) is 5.05. The number of nitrogens with zero attached hydrogens (tertiary/aromatic N) is 1. The number of carbonyl (C=O) groups is 2. The number of hydrogen-bond donors (Lipinski definition) is 1. The molecular weight excluding hydrogens is 284 g/mol. The highest BCUT2D eigenvalue weighted by Gasteiger charge is 2.45. The van der Waals surface area contributed by atoms with Gasteiger partial charge in [-0.1, -0.05) is 18.2 Å². The average Bonchev–Trinajstić information content (AvgIpc) is 2.84. The zero-order valence-corrected chi connectivity index (χ0v) is 13.4. The van der Waals surface area contributed by atoms with Crippen LogP contribution in [0, 0.1) is 0 Å². The molecule has 2 unspecified atom stereocenters. The molecule has 1 aromatic rings. The molecule has 0 aromatic heterocycles. The summed E-state index contributed by atoms with van der Waals surface area (Å²) in [4.78, 5) is 27.7. The van der Waals surface area contributed by atoms with Crippen LogP contribution in [0.25, 0.3) is 0 Å². The number of carbonyl (C=O) groups excluding carboxylic acids is 2. The molecule has 1 N–H and O–H groups in total. The normalized spacial score (nSPS) is 27.5. The van der Waals surface area contributed by atoms with Crippen molar-refractivity contribution in [2.45, 2.75) is 48.9 Å². The maximum atomic E-state index is 12.4. The van der Waals surface area contributed by atoms with Crippen molar-refractivity contribution in [3.63, 3.8) is 0 Å². The van der Waals surface area contributed by atoms with Gasteiger partial charge in [0.25, 0.3) is 0 Å². The van der Waals surface area contributed by atoms with E-state index in [-0.39, 0.29) is 11.8 Å². The molecule has 2 amide bonds. The number of hydrogen-bond acceptors (Lipinski definition) is 3. The Morgan fingerprint density at radius 3 is 2.76 bits per heavy atom. The molecule has 2 atom stereocenters. The summed E-state index contributed by atoms with van der Waals surface area (Å²) in [5, 5.41) is 3.08. The van der Waals surface area contributed by atoms with E-state index in [4.69, 9.17) is 0 Å². The SMILES string of the molecule is CC1NC(=O)C(C)(C)N(CC2Cc3ccccc3S2)C1=O. The molecule has 2 heterocycles. The summed E-state index contributed by atoms with van der Waals surface area (Å²) in [7, 11) is 0. The van der Waals surface area contributed by atoms with Crippen LogP contribution >= 0.6 is 11.8 Å². The fraction of sp³-hybridized carbons (Fsp3) is 0.500. The van der Waals surface area contributed by atoms with Gasteiger partial charge in [0.1, 0.15) is 11.6 Å². The summed E-state index contributed by atoms with van der Waals surface area (Å²) in [5.41, 5.74) is 0.561. The van der Waals surface area contributed by atoms with Gasteiger partial charge >= 0.3 is 0 Å². The molecule has 5 heteroatoms. The predicted molar refractivity (Wildman–Crippen MR) is 83.2 cm³/mol. The first kappa shape index (κ1) is 14.4. The van der Waals surface area contributed by atoms with Crippen LogP contribution in [0.2, 0.25) is 0 Å². The molecule has 21 heavy (non-hydrogen) atoms. The largest absolute Gasteiger partial charge is 0.343 e. The van der Waals surface area contributed by atoms with Crippen LogP contribution in [-0.2, 0) is 16.0 Å². The van der Waals surface area contributed by atoms with Gasteiger partial charge < -0.3 is 10.2 Å². The van der Waals surface area contributed by atoms with Crippen LogP contribution in [0.15, 0.2) is 29.2 Å². The zero-order valence-electron chi connectivity index (χ0n) is 12.6. The topological polar surface area (TPSA) is 49.4 Å². The van der Waals surface area contributed by atoms with E-state index in [2.05, 4.69) is 17.4 Å². The Morgan fingerprint density at radius 2 is 2.05 bits per heavy atom. The van der Waals surface area contributed by atoms with Crippen LogP contribution in [-0.4, -0.2) is 40.1 Å². The number of amides is 2. The highest BCUT2D eigenvalue weighted by atomic mass is 32.2. The van der Waals surface area contributed by atoms with Crippen LogP contribution in [0.4, 0.5) is 0 Å². The lowest BCUT2D eigenvalue weighted by atomic mass is 9.95. The maximum Gasteiger partial charge on any atom is 0.246 e. The Morgan fingerprint density at radius 1 is 1.33 bits per heavy atom. The first-order valence-electron chi connectivity index (χ1n) is 7.26. The van der Waals surface area contributed by atoms with Gasteiger partial charge in [0.15, 0.2) is 0 Å². The fourth-order valence-electron chi connectivity index (χ4n) is 2.94. The van der Waals surface area contributed by atoms with Crippen molar-refractivity contribution in [3.05, 3.63) is 29.8 Å². The number of nitrogens with one attached hydrogen (secondary N) is 1. The van der Waals surface area contributed by atoms with Crippen molar-refractivity contribution in [2.75, 3.05) is 6.54 Å². The molecule has 1 fully saturated rings. The van der Waals surface area contributed by atoms with Gasteiger partial charge in [-0.2, -0.15) is 0 Å². The number of fused-ring (bicyclic) bond motifs is 1. The van der Waals surface area contributed by atoms with E-state index in [9.17, 15) is 9.59 Å². The molecule has 0 spiro atoms. The Labute approximate surface area is 129 Å². The summed E-state index contributed by atoms with van der Waals surface area (Å²) >= 11 is 1.81. The standard InChI is InChI=1S/C16H20N2O2S/c1-10-14(19)18(16(2,3)15(20)17-10)9-12-8-11-6-4-5-7-13(11)21-12/h4-7,10,12H,8-9H2,1-3H3,(H,17,20). The van der Waals surface area contributed by atoms with Crippen molar-refractivity contribution in [3.8, 4) is 0 Å². The van der Waals surface area contributed by atoms with Gasteiger partial charge in [-0.05, 0) is 38.8 Å². The molecule has 1 aromatic carbocycles. The third kappa shape index (κ3) is 2.44. The Balaban J connectivity index is 1.78. The van der Waals surface area contributed by atoms with Crippen molar-refractivity contribution < 1.29 is 9.59 Å². The van der Waals surface area contributed by atoms with E-state index in [1.807, 2.05) is 37.7 Å². The van der Waals surface area contributed by atoms with Crippen molar-refractivity contribution in [2.24, 2.45) is 0 Å². The average molecular weight is 304 g/mol. The minimum atomic E-state index is -0.779. The molecule has 1 saturated heterocycles. The molecule has 4 nitrogen and oxygen atoms in total. The van der Waals surface area contributed by atoms with Gasteiger partial charge in [-0.3, -0.25) is 9.59 Å². The third-order valence-corrected chi connectivity index (χ3v) is 5.62.